The van der Waals surface area contributed by atoms with Gasteiger partial charge >= 0.3 is 5.97 Å². The standard InChI is InChI=1S/C12H10ClNO2/c1-8(13)7-14-5-4-9-2-3-10(12(15)16)6-11(9)14/h2-6H,1,7H2,(H,15,16). The summed E-state index contributed by atoms with van der Waals surface area (Å²) in [6.07, 6.45) is 1.86. The predicted molar refractivity (Wildman–Crippen MR) is 63.9 cm³/mol. The minimum atomic E-state index is -0.931. The third-order valence-corrected chi connectivity index (χ3v) is 2.48. The van der Waals surface area contributed by atoms with Crippen LogP contribution in [-0.4, -0.2) is 15.6 Å². The monoisotopic (exact) mass is 235 g/mol. The summed E-state index contributed by atoms with van der Waals surface area (Å²) in [7, 11) is 0. The Morgan fingerprint density at radius 2 is 2.19 bits per heavy atom. The number of aromatic nitrogens is 1. The molecule has 3 nitrogen and oxygen atoms in total. The zero-order valence-corrected chi connectivity index (χ0v) is 9.24. The average Bonchev–Trinajstić information content (AvgIpc) is 2.60. The molecule has 1 aromatic heterocycles. The predicted octanol–water partition coefficient (Wildman–Crippen LogP) is 3.09. The number of nitrogens with zero attached hydrogens (tertiary/aromatic N) is 1. The van der Waals surface area contributed by atoms with Crippen LogP contribution >= 0.6 is 11.6 Å². The van der Waals surface area contributed by atoms with E-state index in [1.54, 1.807) is 18.2 Å². The minimum absolute atomic E-state index is 0.271. The molecule has 0 unspecified atom stereocenters. The van der Waals surface area contributed by atoms with Gasteiger partial charge in [0.15, 0.2) is 0 Å². The molecule has 0 bridgehead atoms. The molecule has 0 amide bonds. The molecule has 2 aromatic rings. The summed E-state index contributed by atoms with van der Waals surface area (Å²) in [5, 5.41) is 10.4. The van der Waals surface area contributed by atoms with Crippen molar-refractivity contribution in [2.45, 2.75) is 6.54 Å². The fraction of sp³-hybridized carbons (Fsp3) is 0.0833. The van der Waals surface area contributed by atoms with Crippen LogP contribution in [0.4, 0.5) is 0 Å². The first-order valence-electron chi connectivity index (χ1n) is 4.73. The van der Waals surface area contributed by atoms with Crippen molar-refractivity contribution in [1.82, 2.24) is 4.57 Å². The van der Waals surface area contributed by atoms with Crippen molar-refractivity contribution in [2.24, 2.45) is 0 Å². The number of carboxylic acids is 1. The maximum Gasteiger partial charge on any atom is 0.335 e. The Bertz CT molecular complexity index is 571. The second kappa shape index (κ2) is 4.02. The molecule has 82 valence electrons. The molecule has 1 N–H and O–H groups in total. The van der Waals surface area contributed by atoms with Crippen molar-refractivity contribution in [1.29, 1.82) is 0 Å². The Morgan fingerprint density at radius 1 is 1.44 bits per heavy atom. The van der Waals surface area contributed by atoms with E-state index >= 15 is 0 Å². The lowest BCUT2D eigenvalue weighted by atomic mass is 10.2. The topological polar surface area (TPSA) is 42.2 Å². The fourth-order valence-electron chi connectivity index (χ4n) is 1.64. The van der Waals surface area contributed by atoms with Gasteiger partial charge in [-0.2, -0.15) is 0 Å². The van der Waals surface area contributed by atoms with Crippen molar-refractivity contribution >= 4 is 28.5 Å². The van der Waals surface area contributed by atoms with Gasteiger partial charge in [0.25, 0.3) is 0 Å². The highest BCUT2D eigenvalue weighted by atomic mass is 35.5. The molecule has 0 fully saturated rings. The highest BCUT2D eigenvalue weighted by molar-refractivity contribution is 6.29. The van der Waals surface area contributed by atoms with Gasteiger partial charge in [-0.15, -0.1) is 0 Å². The number of benzene rings is 1. The molecule has 1 aromatic carbocycles. The Balaban J connectivity index is 2.55. The maximum atomic E-state index is 10.8. The van der Waals surface area contributed by atoms with E-state index in [4.69, 9.17) is 16.7 Å². The smallest absolute Gasteiger partial charge is 0.335 e. The van der Waals surface area contributed by atoms with E-state index in [0.717, 1.165) is 10.9 Å². The number of aromatic carboxylic acids is 1. The van der Waals surface area contributed by atoms with Gasteiger partial charge < -0.3 is 9.67 Å². The summed E-state index contributed by atoms with van der Waals surface area (Å²) in [5.74, 6) is -0.931. The number of hydrogen-bond donors (Lipinski definition) is 1. The van der Waals surface area contributed by atoms with E-state index in [2.05, 4.69) is 6.58 Å². The first-order valence-corrected chi connectivity index (χ1v) is 5.11. The van der Waals surface area contributed by atoms with Crippen LogP contribution in [0.25, 0.3) is 10.9 Å². The number of rotatable bonds is 3. The largest absolute Gasteiger partial charge is 0.478 e. The summed E-state index contributed by atoms with van der Waals surface area (Å²) in [6, 6.07) is 6.93. The van der Waals surface area contributed by atoms with Crippen LogP contribution in [0.5, 0.6) is 0 Å². The normalized spacial score (nSPS) is 10.6. The van der Waals surface area contributed by atoms with Crippen LogP contribution in [0, 0.1) is 0 Å². The van der Waals surface area contributed by atoms with Crippen LogP contribution in [0.1, 0.15) is 10.4 Å². The Kier molecular flexibility index (Phi) is 2.71. The minimum Gasteiger partial charge on any atom is -0.478 e. The zero-order valence-electron chi connectivity index (χ0n) is 8.48. The van der Waals surface area contributed by atoms with Crippen LogP contribution in [-0.2, 0) is 6.54 Å². The van der Waals surface area contributed by atoms with Gasteiger partial charge in [0.05, 0.1) is 12.1 Å². The number of carboxylic acid groups (broad SMARTS) is 1. The summed E-state index contributed by atoms with van der Waals surface area (Å²) in [6.45, 7) is 4.10. The molecule has 0 aliphatic carbocycles. The van der Waals surface area contributed by atoms with Gasteiger partial charge in [-0.1, -0.05) is 24.2 Å². The molecule has 0 atom stereocenters. The van der Waals surface area contributed by atoms with Crippen LogP contribution in [0.15, 0.2) is 42.1 Å². The van der Waals surface area contributed by atoms with Gasteiger partial charge in [0.1, 0.15) is 0 Å². The molecule has 4 heteroatoms. The third kappa shape index (κ3) is 1.95. The number of halogens is 1. The number of hydrogen-bond acceptors (Lipinski definition) is 1. The second-order valence-electron chi connectivity index (χ2n) is 3.54. The third-order valence-electron chi connectivity index (χ3n) is 2.36. The highest BCUT2D eigenvalue weighted by Gasteiger charge is 2.06. The van der Waals surface area contributed by atoms with Gasteiger partial charge in [-0.25, -0.2) is 4.79 Å². The van der Waals surface area contributed by atoms with Crippen molar-refractivity contribution in [3.8, 4) is 0 Å². The van der Waals surface area contributed by atoms with Gasteiger partial charge in [-0.05, 0) is 23.6 Å². The Labute approximate surface area is 97.6 Å². The molecule has 16 heavy (non-hydrogen) atoms. The van der Waals surface area contributed by atoms with E-state index in [9.17, 15) is 4.79 Å². The molecule has 1 heterocycles. The molecule has 0 saturated heterocycles. The van der Waals surface area contributed by atoms with Crippen molar-refractivity contribution in [3.63, 3.8) is 0 Å². The SMILES string of the molecule is C=C(Cl)Cn1ccc2ccc(C(=O)O)cc21. The van der Waals surface area contributed by atoms with Crippen molar-refractivity contribution in [3.05, 3.63) is 47.6 Å². The molecule has 2 rings (SSSR count). The summed E-state index contributed by atoms with van der Waals surface area (Å²) in [4.78, 5) is 10.8. The first-order chi connectivity index (χ1) is 7.58. The summed E-state index contributed by atoms with van der Waals surface area (Å²) >= 11 is 5.74. The fourth-order valence-corrected chi connectivity index (χ4v) is 1.77. The molecule has 0 aliphatic heterocycles. The lowest BCUT2D eigenvalue weighted by Crippen LogP contribution is -1.98. The Morgan fingerprint density at radius 3 is 2.81 bits per heavy atom. The molecule has 0 saturated carbocycles. The van der Waals surface area contributed by atoms with Gasteiger partial charge in [0.2, 0.25) is 0 Å². The van der Waals surface area contributed by atoms with Crippen LogP contribution < -0.4 is 0 Å². The lowest BCUT2D eigenvalue weighted by molar-refractivity contribution is 0.0697. The molecule has 0 radical (unpaired) electrons. The highest BCUT2D eigenvalue weighted by Crippen LogP contribution is 2.19. The van der Waals surface area contributed by atoms with E-state index < -0.39 is 5.97 Å². The number of allylic oxidation sites excluding steroid dienone is 1. The van der Waals surface area contributed by atoms with Crippen LogP contribution in [0.3, 0.4) is 0 Å². The number of fused-ring (bicyclic) bond motifs is 1. The van der Waals surface area contributed by atoms with Gasteiger partial charge in [0, 0.05) is 16.7 Å². The Hall–Kier alpha value is -1.74. The number of carbonyl (C=O) groups is 1. The van der Waals surface area contributed by atoms with E-state index in [1.165, 1.54) is 0 Å². The van der Waals surface area contributed by atoms with Crippen molar-refractivity contribution < 1.29 is 9.90 Å². The second-order valence-corrected chi connectivity index (χ2v) is 4.07. The quantitative estimate of drug-likeness (QED) is 0.888. The summed E-state index contributed by atoms with van der Waals surface area (Å²) in [5.41, 5.74) is 1.12. The zero-order chi connectivity index (χ0) is 11.7. The van der Waals surface area contributed by atoms with Crippen LogP contribution in [0.2, 0.25) is 0 Å². The molecule has 0 spiro atoms. The lowest BCUT2D eigenvalue weighted by Gasteiger charge is -2.04. The molecule has 0 aliphatic rings. The molecular formula is C12H10ClNO2. The van der Waals surface area contributed by atoms with Gasteiger partial charge in [-0.3, -0.25) is 0 Å². The average molecular weight is 236 g/mol. The van der Waals surface area contributed by atoms with E-state index in [0.29, 0.717) is 11.6 Å². The maximum absolute atomic E-state index is 10.8. The van der Waals surface area contributed by atoms with Crippen molar-refractivity contribution in [2.75, 3.05) is 0 Å². The first kappa shape index (κ1) is 10.8. The molecular weight excluding hydrogens is 226 g/mol. The van der Waals surface area contributed by atoms with E-state index in [1.807, 2.05) is 16.8 Å². The van der Waals surface area contributed by atoms with E-state index in [-0.39, 0.29) is 5.56 Å². The summed E-state index contributed by atoms with van der Waals surface area (Å²) < 4.78 is 1.87.